The van der Waals surface area contributed by atoms with Gasteiger partial charge in [-0.3, -0.25) is 10.2 Å². The molecule has 1 aromatic rings. The van der Waals surface area contributed by atoms with E-state index in [9.17, 15) is 19.8 Å². The van der Waals surface area contributed by atoms with Crippen LogP contribution in [0.15, 0.2) is 30.3 Å². The average molecular weight is 421 g/mol. The topological polar surface area (TPSA) is 108 Å². The largest absolute Gasteiger partial charge is 0.465 e. The molecular formula is C22H32N2O6. The second-order valence-corrected chi connectivity index (χ2v) is 9.61. The monoisotopic (exact) mass is 420 g/mol. The van der Waals surface area contributed by atoms with Gasteiger partial charge in [0.05, 0.1) is 12.1 Å². The number of amides is 1. The molecule has 8 nitrogen and oxygen atoms in total. The van der Waals surface area contributed by atoms with Gasteiger partial charge < -0.3 is 19.7 Å². The quantitative estimate of drug-likeness (QED) is 0.641. The van der Waals surface area contributed by atoms with Crippen LogP contribution < -0.4 is 5.32 Å². The van der Waals surface area contributed by atoms with Crippen LogP contribution in [-0.4, -0.2) is 68.8 Å². The molecule has 0 spiro atoms. The van der Waals surface area contributed by atoms with Crippen molar-refractivity contribution >= 4 is 12.1 Å². The van der Waals surface area contributed by atoms with Crippen LogP contribution in [0.5, 0.6) is 0 Å². The third-order valence-electron chi connectivity index (χ3n) is 5.63. The smallest absolute Gasteiger partial charge is 0.409 e. The number of aliphatic hydroxyl groups is 1. The number of aliphatic hydroxyl groups excluding tert-OH is 1. The maximum atomic E-state index is 13.4. The normalized spacial score (nSPS) is 31.0. The van der Waals surface area contributed by atoms with Gasteiger partial charge in [0, 0.05) is 13.0 Å². The Hall–Kier alpha value is -2.16. The number of rotatable bonds is 4. The summed E-state index contributed by atoms with van der Waals surface area (Å²) in [6.45, 7) is 8.86. The van der Waals surface area contributed by atoms with Gasteiger partial charge in [0.25, 0.3) is 0 Å². The summed E-state index contributed by atoms with van der Waals surface area (Å²) in [7, 11) is 0. The van der Waals surface area contributed by atoms with E-state index in [1.807, 2.05) is 30.3 Å². The Morgan fingerprint density at radius 1 is 1.27 bits per heavy atom. The summed E-state index contributed by atoms with van der Waals surface area (Å²) in [6.07, 6.45) is -2.28. The molecule has 30 heavy (non-hydrogen) atoms. The van der Waals surface area contributed by atoms with Crippen molar-refractivity contribution < 1.29 is 29.3 Å². The van der Waals surface area contributed by atoms with E-state index in [1.54, 1.807) is 34.6 Å². The lowest BCUT2D eigenvalue weighted by molar-refractivity contribution is -0.172. The molecule has 0 aromatic heterocycles. The van der Waals surface area contributed by atoms with Crippen LogP contribution in [0.4, 0.5) is 4.79 Å². The Labute approximate surface area is 177 Å². The second kappa shape index (κ2) is 7.83. The fourth-order valence-electron chi connectivity index (χ4n) is 4.51. The van der Waals surface area contributed by atoms with Crippen molar-refractivity contribution in [3.05, 3.63) is 35.9 Å². The highest BCUT2D eigenvalue weighted by Crippen LogP contribution is 2.42. The summed E-state index contributed by atoms with van der Waals surface area (Å²) in [5.74, 6) is -0.544. The van der Waals surface area contributed by atoms with Crippen LogP contribution in [-0.2, 0) is 20.7 Å². The van der Waals surface area contributed by atoms with Gasteiger partial charge in [-0.15, -0.1) is 0 Å². The van der Waals surface area contributed by atoms with Crippen molar-refractivity contribution in [2.24, 2.45) is 0 Å². The molecule has 1 aromatic carbocycles. The Bertz CT molecular complexity index is 791. The van der Waals surface area contributed by atoms with E-state index in [0.717, 1.165) is 5.56 Å². The lowest BCUT2D eigenvalue weighted by Gasteiger charge is -2.38. The standard InChI is InChI=1S/C22H32N2O6/c1-20(2,3)30-18(26)22(12-15(25)13-23-22)17-16(11-14-9-7-6-8-10-14)24(19(27)28)21(4,5)29-17/h6-10,15-17,23,25H,11-13H2,1-5H3,(H,27,28)/t15-,16?,17?,22-/m1/s1. The van der Waals surface area contributed by atoms with E-state index in [4.69, 9.17) is 9.47 Å². The first-order valence-electron chi connectivity index (χ1n) is 10.3. The first-order valence-corrected chi connectivity index (χ1v) is 10.3. The predicted octanol–water partition coefficient (Wildman–Crippen LogP) is 2.15. The maximum absolute atomic E-state index is 13.4. The molecular weight excluding hydrogens is 388 g/mol. The molecule has 2 aliphatic heterocycles. The molecule has 3 N–H and O–H groups in total. The molecule has 0 radical (unpaired) electrons. The number of hydrogen-bond donors (Lipinski definition) is 3. The van der Waals surface area contributed by atoms with Gasteiger partial charge >= 0.3 is 12.1 Å². The number of nitrogens with one attached hydrogen (secondary N) is 1. The van der Waals surface area contributed by atoms with Gasteiger partial charge in [-0.2, -0.15) is 0 Å². The molecule has 0 aliphatic carbocycles. The minimum atomic E-state index is -1.35. The van der Waals surface area contributed by atoms with Crippen LogP contribution in [0.1, 0.15) is 46.6 Å². The summed E-state index contributed by atoms with van der Waals surface area (Å²) >= 11 is 0. The van der Waals surface area contributed by atoms with Crippen LogP contribution in [0.25, 0.3) is 0 Å². The third kappa shape index (κ3) is 4.31. The number of hydrogen-bond acceptors (Lipinski definition) is 6. The Morgan fingerprint density at radius 3 is 2.40 bits per heavy atom. The molecule has 2 fully saturated rings. The third-order valence-corrected chi connectivity index (χ3v) is 5.63. The number of esters is 1. The molecule has 0 bridgehead atoms. The molecule has 3 rings (SSSR count). The lowest BCUT2D eigenvalue weighted by atomic mass is 9.83. The van der Waals surface area contributed by atoms with Gasteiger partial charge in [0.2, 0.25) is 0 Å². The highest BCUT2D eigenvalue weighted by molar-refractivity contribution is 5.83. The molecule has 2 aliphatic rings. The van der Waals surface area contributed by atoms with Crippen LogP contribution in [0, 0.1) is 0 Å². The number of carbonyl (C=O) groups excluding carboxylic acids is 1. The first-order chi connectivity index (χ1) is 13.9. The SMILES string of the molecule is CC(C)(C)OC(=O)[C@]1(C2OC(C)(C)N(C(=O)O)C2Cc2ccccc2)C[C@@H](O)CN1. The van der Waals surface area contributed by atoms with Crippen LogP contribution in [0.3, 0.4) is 0 Å². The van der Waals surface area contributed by atoms with Crippen molar-refractivity contribution in [3.8, 4) is 0 Å². The first kappa shape index (κ1) is 22.5. The highest BCUT2D eigenvalue weighted by Gasteiger charge is 2.63. The summed E-state index contributed by atoms with van der Waals surface area (Å²) in [4.78, 5) is 26.8. The van der Waals surface area contributed by atoms with Crippen molar-refractivity contribution in [1.82, 2.24) is 10.2 Å². The zero-order chi connectivity index (χ0) is 22.3. The maximum Gasteiger partial charge on any atom is 0.409 e. The van der Waals surface area contributed by atoms with Crippen molar-refractivity contribution in [3.63, 3.8) is 0 Å². The summed E-state index contributed by atoms with van der Waals surface area (Å²) in [5, 5.41) is 23.4. The zero-order valence-electron chi connectivity index (χ0n) is 18.2. The van der Waals surface area contributed by atoms with Crippen molar-refractivity contribution in [1.29, 1.82) is 0 Å². The Morgan fingerprint density at radius 2 is 1.90 bits per heavy atom. The molecule has 4 atom stereocenters. The molecule has 8 heteroatoms. The number of carbonyl (C=O) groups is 2. The van der Waals surface area contributed by atoms with Crippen molar-refractivity contribution in [2.75, 3.05) is 6.54 Å². The van der Waals surface area contributed by atoms with E-state index in [0.29, 0.717) is 6.42 Å². The molecule has 166 valence electrons. The minimum absolute atomic E-state index is 0.0847. The van der Waals surface area contributed by atoms with Gasteiger partial charge in [0.1, 0.15) is 23.0 Å². The second-order valence-electron chi connectivity index (χ2n) is 9.61. The van der Waals surface area contributed by atoms with Crippen LogP contribution in [0.2, 0.25) is 0 Å². The average Bonchev–Trinajstić information content (AvgIpc) is 3.12. The van der Waals surface area contributed by atoms with Gasteiger partial charge in [-0.1, -0.05) is 30.3 Å². The lowest BCUT2D eigenvalue weighted by Crippen LogP contribution is -2.63. The fraction of sp³-hybridized carbons (Fsp3) is 0.636. The molecule has 2 saturated heterocycles. The van der Waals surface area contributed by atoms with Gasteiger partial charge in [-0.25, -0.2) is 9.59 Å². The molecule has 0 saturated carbocycles. The number of benzene rings is 1. The fourth-order valence-corrected chi connectivity index (χ4v) is 4.51. The number of nitrogens with zero attached hydrogens (tertiary/aromatic N) is 1. The van der Waals surface area contributed by atoms with E-state index in [2.05, 4.69) is 5.32 Å². The number of ether oxygens (including phenoxy) is 2. The zero-order valence-corrected chi connectivity index (χ0v) is 18.2. The summed E-state index contributed by atoms with van der Waals surface area (Å²) in [5.41, 5.74) is -2.32. The Balaban J connectivity index is 2.05. The van der Waals surface area contributed by atoms with E-state index >= 15 is 0 Å². The van der Waals surface area contributed by atoms with Gasteiger partial charge in [0.15, 0.2) is 0 Å². The van der Waals surface area contributed by atoms with Crippen molar-refractivity contribution in [2.45, 2.75) is 82.6 Å². The van der Waals surface area contributed by atoms with E-state index in [-0.39, 0.29) is 13.0 Å². The highest BCUT2D eigenvalue weighted by atomic mass is 16.6. The number of carboxylic acid groups (broad SMARTS) is 1. The number of β-amino-alcohol motifs (C(OH)–C–C–N with tert-alkyl or cyclic N) is 1. The van der Waals surface area contributed by atoms with Gasteiger partial charge in [-0.05, 0) is 46.6 Å². The van der Waals surface area contributed by atoms with Crippen LogP contribution >= 0.6 is 0 Å². The minimum Gasteiger partial charge on any atom is -0.465 e. The molecule has 2 unspecified atom stereocenters. The van der Waals surface area contributed by atoms with E-state index in [1.165, 1.54) is 4.90 Å². The molecule has 2 heterocycles. The summed E-state index contributed by atoms with van der Waals surface area (Å²) < 4.78 is 11.9. The predicted molar refractivity (Wildman–Crippen MR) is 110 cm³/mol. The van der Waals surface area contributed by atoms with E-state index < -0.39 is 47.2 Å². The molecule has 1 amide bonds. The summed E-state index contributed by atoms with van der Waals surface area (Å²) in [6, 6.07) is 8.85. The Kier molecular flexibility index (Phi) is 5.88.